The fourth-order valence-corrected chi connectivity index (χ4v) is 3.02. The summed E-state index contributed by atoms with van der Waals surface area (Å²) in [6.45, 7) is 2.43. The second-order valence-corrected chi connectivity index (χ2v) is 5.74. The van der Waals surface area contributed by atoms with E-state index in [2.05, 4.69) is 16.0 Å². The molecule has 0 bridgehead atoms. The van der Waals surface area contributed by atoms with Crippen molar-refractivity contribution in [1.82, 2.24) is 9.78 Å². The van der Waals surface area contributed by atoms with Crippen LogP contribution < -0.4 is 4.74 Å². The monoisotopic (exact) mass is 286 g/mol. The van der Waals surface area contributed by atoms with Gasteiger partial charge in [-0.25, -0.2) is 0 Å². The largest absolute Gasteiger partial charge is 0.487 e. The number of ether oxygens (including phenoxy) is 1. The summed E-state index contributed by atoms with van der Waals surface area (Å²) in [5.74, 6) is 0.774. The molecule has 1 aliphatic rings. The normalized spacial score (nSPS) is 15.5. The van der Waals surface area contributed by atoms with Crippen LogP contribution in [0.3, 0.4) is 0 Å². The lowest BCUT2D eigenvalue weighted by Gasteiger charge is -2.12. The Kier molecular flexibility index (Phi) is 4.25. The van der Waals surface area contributed by atoms with Gasteiger partial charge in [0.15, 0.2) is 0 Å². The van der Waals surface area contributed by atoms with Crippen molar-refractivity contribution in [3.05, 3.63) is 47.3 Å². The van der Waals surface area contributed by atoms with Gasteiger partial charge in [0.2, 0.25) is 0 Å². The summed E-state index contributed by atoms with van der Waals surface area (Å²) < 4.78 is 7.96. The second kappa shape index (κ2) is 6.31. The minimum Gasteiger partial charge on any atom is -0.487 e. The van der Waals surface area contributed by atoms with Crippen LogP contribution in [-0.4, -0.2) is 14.9 Å². The molecule has 0 radical (unpaired) electrons. The number of benzene rings is 1. The molecule has 0 saturated heterocycles. The first-order valence-corrected chi connectivity index (χ1v) is 7.64. The van der Waals surface area contributed by atoms with E-state index in [1.54, 1.807) is 0 Å². The molecule has 1 heterocycles. The van der Waals surface area contributed by atoms with Gasteiger partial charge in [-0.1, -0.05) is 31.0 Å². The molecule has 0 unspecified atom stereocenters. The number of aryl methyl sites for hydroxylation is 1. The third-order valence-corrected chi connectivity index (χ3v) is 4.19. The highest BCUT2D eigenvalue weighted by atomic mass is 16.5. The molecule has 3 rings (SSSR count). The van der Waals surface area contributed by atoms with Crippen LogP contribution in [0.15, 0.2) is 30.5 Å². The van der Waals surface area contributed by atoms with E-state index in [1.807, 2.05) is 31.2 Å². The Morgan fingerprint density at radius 1 is 1.29 bits per heavy atom. The van der Waals surface area contributed by atoms with Gasteiger partial charge in [0, 0.05) is 11.8 Å². The van der Waals surface area contributed by atoms with E-state index < -0.39 is 0 Å². The fourth-order valence-electron chi connectivity index (χ4n) is 3.02. The maximum atomic E-state index is 9.39. The molecule has 1 aliphatic carbocycles. The number of para-hydroxylation sites is 1. The predicted molar refractivity (Wildman–Crippen MR) is 81.2 cm³/mol. The maximum absolute atomic E-state index is 9.39. The fraction of sp³-hybridized carbons (Fsp3) is 0.471. The molecule has 4 heteroatoms. The summed E-state index contributed by atoms with van der Waals surface area (Å²) in [6, 6.07) is 8.40. The molecule has 1 N–H and O–H groups in total. The van der Waals surface area contributed by atoms with Gasteiger partial charge < -0.3 is 9.84 Å². The number of rotatable bonds is 5. The molecule has 4 nitrogen and oxygen atoms in total. The molecule has 21 heavy (non-hydrogen) atoms. The number of aromatic nitrogens is 2. The smallest absolute Gasteiger partial charge is 0.132 e. The van der Waals surface area contributed by atoms with Crippen LogP contribution in [0.25, 0.3) is 0 Å². The van der Waals surface area contributed by atoms with E-state index in [1.165, 1.54) is 25.7 Å². The van der Waals surface area contributed by atoms with Gasteiger partial charge in [-0.05, 0) is 31.4 Å². The average Bonchev–Trinajstić information content (AvgIpc) is 3.16. The number of hydrogen-bond donors (Lipinski definition) is 1. The molecule has 2 aromatic rings. The Labute approximate surface area is 125 Å². The quantitative estimate of drug-likeness (QED) is 0.916. The van der Waals surface area contributed by atoms with Gasteiger partial charge in [0.25, 0.3) is 0 Å². The number of aliphatic hydroxyl groups excluding tert-OH is 1. The molecule has 1 saturated carbocycles. The highest BCUT2D eigenvalue weighted by Gasteiger charge is 2.17. The van der Waals surface area contributed by atoms with Crippen molar-refractivity contribution in [3.63, 3.8) is 0 Å². The maximum Gasteiger partial charge on any atom is 0.132 e. The standard InChI is InChI=1S/C17H22N2O2/c1-13-5-4-6-14(11-20)17(13)21-12-15-9-10-19(18-15)16-7-2-3-8-16/h4-6,9-10,16,20H,2-3,7-8,11-12H2,1H3. The zero-order valence-electron chi connectivity index (χ0n) is 12.5. The highest BCUT2D eigenvalue weighted by molar-refractivity contribution is 5.40. The van der Waals surface area contributed by atoms with Crippen LogP contribution in [0.1, 0.15) is 48.5 Å². The highest BCUT2D eigenvalue weighted by Crippen LogP contribution is 2.29. The summed E-state index contributed by atoms with van der Waals surface area (Å²) >= 11 is 0. The van der Waals surface area contributed by atoms with E-state index in [9.17, 15) is 5.11 Å². The summed E-state index contributed by atoms with van der Waals surface area (Å²) in [5, 5.41) is 14.0. The lowest BCUT2D eigenvalue weighted by Crippen LogP contribution is -2.07. The van der Waals surface area contributed by atoms with E-state index >= 15 is 0 Å². The van der Waals surface area contributed by atoms with Crippen molar-refractivity contribution in [2.24, 2.45) is 0 Å². The van der Waals surface area contributed by atoms with Crippen LogP contribution in [0, 0.1) is 6.92 Å². The molecule has 1 aromatic heterocycles. The van der Waals surface area contributed by atoms with Crippen molar-refractivity contribution in [1.29, 1.82) is 0 Å². The number of aliphatic hydroxyl groups is 1. The Bertz CT molecular complexity index is 601. The van der Waals surface area contributed by atoms with Crippen molar-refractivity contribution >= 4 is 0 Å². The second-order valence-electron chi connectivity index (χ2n) is 5.74. The van der Waals surface area contributed by atoms with Crippen LogP contribution in [0.5, 0.6) is 5.75 Å². The van der Waals surface area contributed by atoms with Crippen molar-refractivity contribution in [2.45, 2.75) is 51.9 Å². The summed E-state index contributed by atoms with van der Waals surface area (Å²) in [4.78, 5) is 0. The Balaban J connectivity index is 1.68. The molecule has 0 spiro atoms. The minimum atomic E-state index is -0.00642. The minimum absolute atomic E-state index is 0.00642. The first-order valence-electron chi connectivity index (χ1n) is 7.64. The van der Waals surface area contributed by atoms with Crippen LogP contribution in [-0.2, 0) is 13.2 Å². The summed E-state index contributed by atoms with van der Waals surface area (Å²) in [6.07, 6.45) is 7.13. The van der Waals surface area contributed by atoms with Crippen molar-refractivity contribution in [2.75, 3.05) is 0 Å². The lowest BCUT2D eigenvalue weighted by molar-refractivity contribution is 0.255. The van der Waals surface area contributed by atoms with Gasteiger partial charge >= 0.3 is 0 Å². The van der Waals surface area contributed by atoms with Crippen LogP contribution >= 0.6 is 0 Å². The van der Waals surface area contributed by atoms with Gasteiger partial charge in [0.05, 0.1) is 18.3 Å². The van der Waals surface area contributed by atoms with Gasteiger partial charge in [0.1, 0.15) is 12.4 Å². The van der Waals surface area contributed by atoms with Crippen LogP contribution in [0.2, 0.25) is 0 Å². The lowest BCUT2D eigenvalue weighted by atomic mass is 10.1. The molecule has 1 fully saturated rings. The topological polar surface area (TPSA) is 47.3 Å². The Morgan fingerprint density at radius 3 is 2.86 bits per heavy atom. The van der Waals surface area contributed by atoms with Gasteiger partial charge in [-0.3, -0.25) is 4.68 Å². The van der Waals surface area contributed by atoms with Crippen molar-refractivity contribution in [3.8, 4) is 5.75 Å². The van der Waals surface area contributed by atoms with Crippen LogP contribution in [0.4, 0.5) is 0 Å². The van der Waals surface area contributed by atoms with E-state index in [0.29, 0.717) is 12.6 Å². The Morgan fingerprint density at radius 2 is 2.10 bits per heavy atom. The molecule has 0 amide bonds. The predicted octanol–water partition coefficient (Wildman–Crippen LogP) is 3.38. The first-order chi connectivity index (χ1) is 10.3. The molecule has 0 atom stereocenters. The summed E-state index contributed by atoms with van der Waals surface area (Å²) in [5.41, 5.74) is 2.80. The molecular formula is C17H22N2O2. The molecule has 112 valence electrons. The zero-order chi connectivity index (χ0) is 14.7. The van der Waals surface area contributed by atoms with Gasteiger partial charge in [-0.2, -0.15) is 5.10 Å². The average molecular weight is 286 g/mol. The molecule has 1 aromatic carbocycles. The molecular weight excluding hydrogens is 264 g/mol. The Hall–Kier alpha value is -1.81. The van der Waals surface area contributed by atoms with E-state index in [-0.39, 0.29) is 6.61 Å². The van der Waals surface area contributed by atoms with E-state index in [0.717, 1.165) is 22.6 Å². The van der Waals surface area contributed by atoms with Gasteiger partial charge in [-0.15, -0.1) is 0 Å². The van der Waals surface area contributed by atoms with Crippen molar-refractivity contribution < 1.29 is 9.84 Å². The number of hydrogen-bond acceptors (Lipinski definition) is 3. The first kappa shape index (κ1) is 14.1. The SMILES string of the molecule is Cc1cccc(CO)c1OCc1ccn(C2CCCC2)n1. The third kappa shape index (κ3) is 3.10. The van der Waals surface area contributed by atoms with E-state index in [4.69, 9.17) is 4.74 Å². The summed E-state index contributed by atoms with van der Waals surface area (Å²) in [7, 11) is 0. The third-order valence-electron chi connectivity index (χ3n) is 4.19. The number of nitrogens with zero attached hydrogens (tertiary/aromatic N) is 2. The zero-order valence-corrected chi connectivity index (χ0v) is 12.5. The molecule has 0 aliphatic heterocycles.